The van der Waals surface area contributed by atoms with Crippen LogP contribution in [0, 0.1) is 0 Å². The van der Waals surface area contributed by atoms with Crippen molar-refractivity contribution in [2.24, 2.45) is 0 Å². The first kappa shape index (κ1) is 15.8. The molecule has 0 heterocycles. The Kier molecular flexibility index (Phi) is 5.30. The molecule has 1 N–H and O–H groups in total. The van der Waals surface area contributed by atoms with Gasteiger partial charge in [0.25, 0.3) is 0 Å². The fourth-order valence-electron chi connectivity index (χ4n) is 1.89. The summed E-state index contributed by atoms with van der Waals surface area (Å²) in [5, 5.41) is 2.69. The minimum absolute atomic E-state index is 0.0424. The number of halogens is 2. The van der Waals surface area contributed by atoms with Gasteiger partial charge in [-0.1, -0.05) is 12.1 Å². The van der Waals surface area contributed by atoms with Crippen LogP contribution in [-0.2, 0) is 11.2 Å². The number of amides is 1. The second-order valence-electron chi connectivity index (χ2n) is 4.48. The third-order valence-corrected chi connectivity index (χ3v) is 2.86. The van der Waals surface area contributed by atoms with Crippen LogP contribution < -0.4 is 14.8 Å². The summed E-state index contributed by atoms with van der Waals surface area (Å²) in [6, 6.07) is 12.9. The van der Waals surface area contributed by atoms with Crippen molar-refractivity contribution in [3.05, 3.63) is 54.1 Å². The molecule has 2 aromatic rings. The Morgan fingerprint density at radius 2 is 1.86 bits per heavy atom. The Labute approximate surface area is 126 Å². The van der Waals surface area contributed by atoms with Crippen molar-refractivity contribution in [2.45, 2.75) is 13.0 Å². The first-order valence-corrected chi connectivity index (χ1v) is 6.54. The van der Waals surface area contributed by atoms with E-state index >= 15 is 0 Å². The number of methoxy groups -OCH3 is 1. The zero-order valence-corrected chi connectivity index (χ0v) is 11.9. The van der Waals surface area contributed by atoms with E-state index in [1.54, 1.807) is 25.3 Å². The number of rotatable bonds is 6. The molecular weight excluding hydrogens is 292 g/mol. The highest BCUT2D eigenvalue weighted by atomic mass is 19.3. The van der Waals surface area contributed by atoms with Crippen LogP contribution in [0.15, 0.2) is 48.5 Å². The van der Waals surface area contributed by atoms with Crippen LogP contribution in [0.5, 0.6) is 11.5 Å². The van der Waals surface area contributed by atoms with Crippen molar-refractivity contribution in [1.29, 1.82) is 0 Å². The van der Waals surface area contributed by atoms with Crippen molar-refractivity contribution >= 4 is 11.6 Å². The van der Waals surface area contributed by atoms with Gasteiger partial charge in [0.15, 0.2) is 0 Å². The van der Waals surface area contributed by atoms with E-state index in [0.29, 0.717) is 11.4 Å². The maximum Gasteiger partial charge on any atom is 0.387 e. The topological polar surface area (TPSA) is 47.6 Å². The highest BCUT2D eigenvalue weighted by Gasteiger charge is 2.07. The molecular formula is C16H15F2NO3. The van der Waals surface area contributed by atoms with Gasteiger partial charge >= 0.3 is 6.61 Å². The molecule has 2 rings (SSSR count). The molecule has 0 fully saturated rings. The number of hydrogen-bond donors (Lipinski definition) is 1. The highest BCUT2D eigenvalue weighted by Crippen LogP contribution is 2.18. The molecule has 0 unspecified atom stereocenters. The number of carbonyl (C=O) groups excluding carboxylic acids is 1. The quantitative estimate of drug-likeness (QED) is 0.889. The van der Waals surface area contributed by atoms with E-state index in [1.165, 1.54) is 24.3 Å². The van der Waals surface area contributed by atoms with E-state index in [-0.39, 0.29) is 18.1 Å². The third kappa shape index (κ3) is 4.73. The molecule has 4 nitrogen and oxygen atoms in total. The van der Waals surface area contributed by atoms with Gasteiger partial charge in [0.2, 0.25) is 5.91 Å². The lowest BCUT2D eigenvalue weighted by molar-refractivity contribution is -0.115. The fraction of sp³-hybridized carbons (Fsp3) is 0.188. The number of ether oxygens (including phenoxy) is 2. The number of anilines is 1. The number of alkyl halides is 2. The van der Waals surface area contributed by atoms with E-state index in [1.807, 2.05) is 6.07 Å². The van der Waals surface area contributed by atoms with Gasteiger partial charge in [-0.25, -0.2) is 0 Å². The number of nitrogens with one attached hydrogen (secondary N) is 1. The first-order chi connectivity index (χ1) is 10.6. The van der Waals surface area contributed by atoms with Crippen LogP contribution in [0.2, 0.25) is 0 Å². The first-order valence-electron chi connectivity index (χ1n) is 6.54. The second kappa shape index (κ2) is 7.40. The van der Waals surface area contributed by atoms with Crippen LogP contribution in [-0.4, -0.2) is 19.6 Å². The smallest absolute Gasteiger partial charge is 0.387 e. The van der Waals surface area contributed by atoms with Crippen molar-refractivity contribution < 1.29 is 23.0 Å². The average Bonchev–Trinajstić information content (AvgIpc) is 2.49. The van der Waals surface area contributed by atoms with Crippen LogP contribution in [0.3, 0.4) is 0 Å². The summed E-state index contributed by atoms with van der Waals surface area (Å²) in [6.45, 7) is -2.87. The molecule has 0 saturated heterocycles. The molecule has 0 aliphatic rings. The molecule has 1 amide bonds. The molecule has 0 saturated carbocycles. The average molecular weight is 307 g/mol. The summed E-state index contributed by atoms with van der Waals surface area (Å²) in [5.41, 5.74) is 1.32. The minimum Gasteiger partial charge on any atom is -0.497 e. The zero-order chi connectivity index (χ0) is 15.9. The van der Waals surface area contributed by atoms with Gasteiger partial charge in [-0.3, -0.25) is 4.79 Å². The maximum atomic E-state index is 12.0. The van der Waals surface area contributed by atoms with Crippen LogP contribution in [0.25, 0.3) is 0 Å². The third-order valence-electron chi connectivity index (χ3n) is 2.86. The summed E-state index contributed by atoms with van der Waals surface area (Å²) in [5.74, 6) is 0.510. The van der Waals surface area contributed by atoms with Gasteiger partial charge in [-0.2, -0.15) is 8.78 Å². The van der Waals surface area contributed by atoms with E-state index < -0.39 is 6.61 Å². The standard InChI is InChI=1S/C16H15F2NO3/c1-21-14-4-2-3-11(9-14)10-15(20)19-12-5-7-13(8-6-12)22-16(17)18/h2-9,16H,10H2,1H3,(H,19,20). The Bertz CT molecular complexity index is 630. The summed E-state index contributed by atoms with van der Waals surface area (Å²) in [7, 11) is 1.56. The predicted octanol–water partition coefficient (Wildman–Crippen LogP) is 3.48. The van der Waals surface area contributed by atoms with E-state index in [9.17, 15) is 13.6 Å². The fourth-order valence-corrected chi connectivity index (χ4v) is 1.89. The van der Waals surface area contributed by atoms with Crippen LogP contribution in [0.4, 0.5) is 14.5 Å². The minimum atomic E-state index is -2.87. The van der Waals surface area contributed by atoms with Gasteiger partial charge in [0.1, 0.15) is 11.5 Å². The summed E-state index contributed by atoms with van der Waals surface area (Å²) in [6.07, 6.45) is 0.187. The summed E-state index contributed by atoms with van der Waals surface area (Å²) in [4.78, 5) is 11.9. The molecule has 0 bridgehead atoms. The number of carbonyl (C=O) groups is 1. The SMILES string of the molecule is COc1cccc(CC(=O)Nc2ccc(OC(F)F)cc2)c1. The monoisotopic (exact) mass is 307 g/mol. The Morgan fingerprint density at radius 1 is 1.14 bits per heavy atom. The summed E-state index contributed by atoms with van der Waals surface area (Å²) >= 11 is 0. The largest absolute Gasteiger partial charge is 0.497 e. The van der Waals surface area contributed by atoms with Crippen molar-refractivity contribution in [1.82, 2.24) is 0 Å². The molecule has 0 aliphatic carbocycles. The van der Waals surface area contributed by atoms with Crippen molar-refractivity contribution in [3.63, 3.8) is 0 Å². The van der Waals surface area contributed by atoms with Crippen LogP contribution >= 0.6 is 0 Å². The van der Waals surface area contributed by atoms with E-state index in [0.717, 1.165) is 5.56 Å². The highest BCUT2D eigenvalue weighted by molar-refractivity contribution is 5.92. The molecule has 0 aliphatic heterocycles. The Morgan fingerprint density at radius 3 is 2.50 bits per heavy atom. The molecule has 0 aromatic heterocycles. The maximum absolute atomic E-state index is 12.0. The lowest BCUT2D eigenvalue weighted by Gasteiger charge is -2.08. The summed E-state index contributed by atoms with van der Waals surface area (Å²) < 4.78 is 33.4. The zero-order valence-electron chi connectivity index (χ0n) is 11.9. The molecule has 0 spiro atoms. The van der Waals surface area contributed by atoms with E-state index in [4.69, 9.17) is 4.74 Å². The van der Waals surface area contributed by atoms with Crippen molar-refractivity contribution in [3.8, 4) is 11.5 Å². The van der Waals surface area contributed by atoms with Gasteiger partial charge in [0.05, 0.1) is 13.5 Å². The normalized spacial score (nSPS) is 10.4. The van der Waals surface area contributed by atoms with Gasteiger partial charge < -0.3 is 14.8 Å². The van der Waals surface area contributed by atoms with Crippen LogP contribution in [0.1, 0.15) is 5.56 Å². The van der Waals surface area contributed by atoms with Gasteiger partial charge in [-0.15, -0.1) is 0 Å². The predicted molar refractivity (Wildman–Crippen MR) is 78.4 cm³/mol. The Balaban J connectivity index is 1.93. The Hall–Kier alpha value is -2.63. The molecule has 0 radical (unpaired) electrons. The lowest BCUT2D eigenvalue weighted by atomic mass is 10.1. The molecule has 22 heavy (non-hydrogen) atoms. The molecule has 2 aromatic carbocycles. The van der Waals surface area contributed by atoms with E-state index in [2.05, 4.69) is 10.1 Å². The molecule has 116 valence electrons. The van der Waals surface area contributed by atoms with Crippen molar-refractivity contribution in [2.75, 3.05) is 12.4 Å². The number of benzene rings is 2. The van der Waals surface area contributed by atoms with Gasteiger partial charge in [0, 0.05) is 5.69 Å². The molecule has 6 heteroatoms. The second-order valence-corrected chi connectivity index (χ2v) is 4.48. The molecule has 0 atom stereocenters. The van der Waals surface area contributed by atoms with Gasteiger partial charge in [-0.05, 0) is 42.0 Å². The number of hydrogen-bond acceptors (Lipinski definition) is 3. The lowest BCUT2D eigenvalue weighted by Crippen LogP contribution is -2.14.